The zero-order valence-electron chi connectivity index (χ0n) is 18.7. The molecule has 2 aromatic carbocycles. The fraction of sp³-hybridized carbons (Fsp3) is 0.417. The van der Waals surface area contributed by atoms with Crippen LogP contribution in [0.5, 0.6) is 5.75 Å². The average Bonchev–Trinajstić information content (AvgIpc) is 3.22. The van der Waals surface area contributed by atoms with Crippen LogP contribution in [-0.2, 0) is 4.79 Å². The number of benzene rings is 2. The van der Waals surface area contributed by atoms with Crippen LogP contribution in [0.1, 0.15) is 23.1 Å². The lowest BCUT2D eigenvalue weighted by Gasteiger charge is -2.21. The number of hydrogen-bond acceptors (Lipinski definition) is 4. The number of aryl methyl sites for hydroxylation is 3. The molecule has 166 valence electrons. The van der Waals surface area contributed by atoms with E-state index in [1.807, 2.05) is 51.1 Å². The minimum Gasteiger partial charge on any atom is -0.495 e. The van der Waals surface area contributed by atoms with Crippen molar-refractivity contribution in [3.05, 3.63) is 53.1 Å². The van der Waals surface area contributed by atoms with Crippen molar-refractivity contribution in [2.24, 2.45) is 5.92 Å². The highest BCUT2D eigenvalue weighted by molar-refractivity contribution is 5.95. The second-order valence-electron chi connectivity index (χ2n) is 8.16. The van der Waals surface area contributed by atoms with Crippen molar-refractivity contribution >= 4 is 23.3 Å². The standard InChI is InChI=1S/C24H32N4O3/c1-16-11-17(2)23(18(3)12-16)27-22(29)14-26-24(30)25-13-19-9-10-28(15-19)20-7-5-6-8-21(20)31-4/h5-8,11-12,19H,9-10,13-15H2,1-4H3,(H,27,29)(H2,25,26,30). The molecule has 1 fully saturated rings. The predicted molar refractivity (Wildman–Crippen MR) is 124 cm³/mol. The van der Waals surface area contributed by atoms with E-state index in [0.29, 0.717) is 12.5 Å². The molecule has 1 atom stereocenters. The quantitative estimate of drug-likeness (QED) is 0.636. The Hall–Kier alpha value is -3.22. The topological polar surface area (TPSA) is 82.7 Å². The van der Waals surface area contributed by atoms with E-state index in [1.165, 1.54) is 0 Å². The summed E-state index contributed by atoms with van der Waals surface area (Å²) >= 11 is 0. The minimum atomic E-state index is -0.330. The van der Waals surface area contributed by atoms with Gasteiger partial charge in [-0.2, -0.15) is 0 Å². The van der Waals surface area contributed by atoms with Gasteiger partial charge >= 0.3 is 6.03 Å². The smallest absolute Gasteiger partial charge is 0.315 e. The lowest BCUT2D eigenvalue weighted by molar-refractivity contribution is -0.115. The van der Waals surface area contributed by atoms with Gasteiger partial charge in [0.2, 0.25) is 5.91 Å². The Morgan fingerprint density at radius 2 is 1.81 bits per heavy atom. The normalized spacial score (nSPS) is 15.5. The number of carbonyl (C=O) groups excluding carboxylic acids is 2. The van der Waals surface area contributed by atoms with E-state index in [-0.39, 0.29) is 18.5 Å². The number of carbonyl (C=O) groups is 2. The average molecular weight is 425 g/mol. The van der Waals surface area contributed by atoms with E-state index in [2.05, 4.69) is 26.9 Å². The van der Waals surface area contributed by atoms with Crippen molar-refractivity contribution in [3.8, 4) is 5.75 Å². The molecule has 0 bridgehead atoms. The molecule has 1 aliphatic heterocycles. The maximum Gasteiger partial charge on any atom is 0.315 e. The van der Waals surface area contributed by atoms with Gasteiger partial charge in [-0.25, -0.2) is 4.79 Å². The summed E-state index contributed by atoms with van der Waals surface area (Å²) in [5.41, 5.74) is 5.06. The van der Waals surface area contributed by atoms with E-state index in [9.17, 15) is 9.59 Å². The maximum atomic E-state index is 12.3. The fourth-order valence-electron chi connectivity index (χ4n) is 4.13. The number of para-hydroxylation sites is 2. The molecule has 1 unspecified atom stereocenters. The van der Waals surface area contributed by atoms with E-state index < -0.39 is 0 Å². The molecule has 1 aliphatic rings. The molecule has 1 heterocycles. The zero-order valence-corrected chi connectivity index (χ0v) is 18.7. The van der Waals surface area contributed by atoms with Gasteiger partial charge in [0.15, 0.2) is 0 Å². The maximum absolute atomic E-state index is 12.3. The molecule has 7 heteroatoms. The molecule has 0 aliphatic carbocycles. The zero-order chi connectivity index (χ0) is 22.4. The van der Waals surface area contributed by atoms with Gasteiger partial charge in [0.1, 0.15) is 5.75 Å². The van der Waals surface area contributed by atoms with Crippen LogP contribution in [0.4, 0.5) is 16.2 Å². The van der Waals surface area contributed by atoms with Crippen LogP contribution in [0.3, 0.4) is 0 Å². The van der Waals surface area contributed by atoms with E-state index in [4.69, 9.17) is 4.74 Å². The van der Waals surface area contributed by atoms with Gasteiger partial charge in [-0.05, 0) is 56.4 Å². The minimum absolute atomic E-state index is 0.0728. The van der Waals surface area contributed by atoms with Gasteiger partial charge in [-0.3, -0.25) is 4.79 Å². The molecule has 2 aromatic rings. The van der Waals surface area contributed by atoms with E-state index in [0.717, 1.165) is 53.3 Å². The molecule has 0 spiro atoms. The summed E-state index contributed by atoms with van der Waals surface area (Å²) in [4.78, 5) is 26.7. The van der Waals surface area contributed by atoms with Crippen molar-refractivity contribution in [1.29, 1.82) is 0 Å². The number of anilines is 2. The number of hydrogen-bond donors (Lipinski definition) is 3. The largest absolute Gasteiger partial charge is 0.495 e. The van der Waals surface area contributed by atoms with Crippen LogP contribution < -0.4 is 25.6 Å². The molecule has 3 N–H and O–H groups in total. The lowest BCUT2D eigenvalue weighted by atomic mass is 10.1. The Morgan fingerprint density at radius 3 is 2.52 bits per heavy atom. The molecule has 31 heavy (non-hydrogen) atoms. The van der Waals surface area contributed by atoms with Gasteiger partial charge in [-0.15, -0.1) is 0 Å². The van der Waals surface area contributed by atoms with E-state index in [1.54, 1.807) is 7.11 Å². The molecular weight excluding hydrogens is 392 g/mol. The summed E-state index contributed by atoms with van der Waals surface area (Å²) in [5.74, 6) is 0.967. The highest BCUT2D eigenvalue weighted by atomic mass is 16.5. The fourth-order valence-corrected chi connectivity index (χ4v) is 4.13. The lowest BCUT2D eigenvalue weighted by Crippen LogP contribution is -2.42. The number of amides is 3. The first-order valence-electron chi connectivity index (χ1n) is 10.6. The number of urea groups is 1. The van der Waals surface area contributed by atoms with Crippen molar-refractivity contribution < 1.29 is 14.3 Å². The molecule has 3 amide bonds. The number of ether oxygens (including phenoxy) is 1. The van der Waals surface area contributed by atoms with Crippen molar-refractivity contribution in [2.75, 3.05) is 43.5 Å². The van der Waals surface area contributed by atoms with Crippen LogP contribution in [-0.4, -0.2) is 45.2 Å². The second kappa shape index (κ2) is 10.2. The van der Waals surface area contributed by atoms with Gasteiger partial charge in [0, 0.05) is 25.3 Å². The first kappa shape index (κ1) is 22.5. The molecule has 0 aromatic heterocycles. The summed E-state index contributed by atoms with van der Waals surface area (Å²) < 4.78 is 5.45. The van der Waals surface area contributed by atoms with Gasteiger partial charge in [0.05, 0.1) is 19.3 Å². The first-order valence-corrected chi connectivity index (χ1v) is 10.6. The first-order chi connectivity index (χ1) is 14.9. The molecule has 1 saturated heterocycles. The molecule has 0 radical (unpaired) electrons. The van der Waals surface area contributed by atoms with Gasteiger partial charge in [-0.1, -0.05) is 29.8 Å². The Kier molecular flexibility index (Phi) is 7.39. The number of nitrogens with one attached hydrogen (secondary N) is 3. The molecule has 7 nitrogen and oxygen atoms in total. The van der Waals surface area contributed by atoms with Crippen LogP contribution >= 0.6 is 0 Å². The Bertz CT molecular complexity index is 921. The molecule has 0 saturated carbocycles. The van der Waals surface area contributed by atoms with Crippen LogP contribution in [0.2, 0.25) is 0 Å². The summed E-state index contributed by atoms with van der Waals surface area (Å²) in [6, 6.07) is 11.7. The summed E-state index contributed by atoms with van der Waals surface area (Å²) in [6.07, 6.45) is 0.991. The Balaban J connectivity index is 1.41. The van der Waals surface area contributed by atoms with E-state index >= 15 is 0 Å². The molecular formula is C24H32N4O3. The third kappa shape index (κ3) is 5.90. The third-order valence-corrected chi connectivity index (χ3v) is 5.61. The Morgan fingerprint density at radius 1 is 1.10 bits per heavy atom. The predicted octanol–water partition coefficient (Wildman–Crippen LogP) is 3.38. The second-order valence-corrected chi connectivity index (χ2v) is 8.16. The monoisotopic (exact) mass is 424 g/mol. The summed E-state index contributed by atoms with van der Waals surface area (Å²) in [7, 11) is 1.68. The summed E-state index contributed by atoms with van der Waals surface area (Å²) in [6.45, 7) is 8.22. The van der Waals surface area contributed by atoms with Gasteiger partial charge < -0.3 is 25.6 Å². The summed E-state index contributed by atoms with van der Waals surface area (Å²) in [5, 5.41) is 8.42. The Labute approximate surface area is 184 Å². The van der Waals surface area contributed by atoms with Crippen LogP contribution in [0, 0.1) is 26.7 Å². The van der Waals surface area contributed by atoms with Crippen molar-refractivity contribution in [1.82, 2.24) is 10.6 Å². The highest BCUT2D eigenvalue weighted by Crippen LogP contribution is 2.31. The van der Waals surface area contributed by atoms with Gasteiger partial charge in [0.25, 0.3) is 0 Å². The highest BCUT2D eigenvalue weighted by Gasteiger charge is 2.24. The van der Waals surface area contributed by atoms with Crippen molar-refractivity contribution in [3.63, 3.8) is 0 Å². The number of rotatable bonds is 7. The number of methoxy groups -OCH3 is 1. The van der Waals surface area contributed by atoms with Crippen LogP contribution in [0.15, 0.2) is 36.4 Å². The van der Waals surface area contributed by atoms with Crippen molar-refractivity contribution in [2.45, 2.75) is 27.2 Å². The third-order valence-electron chi connectivity index (χ3n) is 5.61. The SMILES string of the molecule is COc1ccccc1N1CCC(CNC(=O)NCC(=O)Nc2c(C)cc(C)cc2C)C1. The molecule has 3 rings (SSSR count). The van der Waals surface area contributed by atoms with Crippen LogP contribution in [0.25, 0.3) is 0 Å². The number of nitrogens with zero attached hydrogens (tertiary/aromatic N) is 1.